The fourth-order valence-corrected chi connectivity index (χ4v) is 12.6. The number of amides is 3. The molecule has 9 rings (SSSR count). The Morgan fingerprint density at radius 2 is 1.01 bits per heavy atom. The van der Waals surface area contributed by atoms with E-state index in [9.17, 15) is 43.8 Å². The van der Waals surface area contributed by atoms with Gasteiger partial charge in [-0.2, -0.15) is 14.0 Å². The topological polar surface area (TPSA) is 217 Å². The van der Waals surface area contributed by atoms with E-state index in [1.807, 2.05) is 137 Å². The second kappa shape index (κ2) is 31.5. The molecule has 87 heavy (non-hydrogen) atoms. The lowest BCUT2D eigenvalue weighted by Gasteiger charge is -2.38. The summed E-state index contributed by atoms with van der Waals surface area (Å²) in [4.78, 5) is 96.1. The van der Waals surface area contributed by atoms with Crippen LogP contribution in [0.1, 0.15) is 213 Å². The summed E-state index contributed by atoms with van der Waals surface area (Å²) >= 11 is 0. The first kappa shape index (κ1) is 68.0. The number of hydrogen-bond acceptors (Lipinski definition) is 12. The van der Waals surface area contributed by atoms with Crippen molar-refractivity contribution >= 4 is 41.0 Å². The second-order valence-corrected chi connectivity index (χ2v) is 24.2. The second-order valence-electron chi connectivity index (χ2n) is 24.2. The van der Waals surface area contributed by atoms with Gasteiger partial charge in [0.25, 0.3) is 17.7 Å². The van der Waals surface area contributed by atoms with Crippen molar-refractivity contribution in [3.05, 3.63) is 175 Å². The molecule has 4 aliphatic rings. The quantitative estimate of drug-likeness (QED) is 0.0666. The Balaban J connectivity index is 0.000000207. The summed E-state index contributed by atoms with van der Waals surface area (Å²) in [6, 6.07) is 33.6. The largest absolute Gasteiger partial charge is 0.476 e. The average Bonchev–Trinajstić information content (AvgIpc) is 1.55. The molecule has 0 bridgehead atoms. The number of ketones is 1. The van der Waals surface area contributed by atoms with Gasteiger partial charge in [-0.3, -0.25) is 39.4 Å². The highest BCUT2D eigenvalue weighted by Gasteiger charge is 2.42. The van der Waals surface area contributed by atoms with Crippen LogP contribution in [0, 0.1) is 26.0 Å². The van der Waals surface area contributed by atoms with Gasteiger partial charge in [-0.25, -0.2) is 0 Å². The van der Waals surface area contributed by atoms with E-state index in [-0.39, 0.29) is 83.3 Å². The molecule has 0 spiro atoms. The summed E-state index contributed by atoms with van der Waals surface area (Å²) in [6.07, 6.45) is 17.6. The van der Waals surface area contributed by atoms with Crippen molar-refractivity contribution in [1.82, 2.24) is 14.7 Å². The molecule has 0 radical (unpaired) electrons. The number of carbonyl (C=O) groups is 4. The number of hydrogen-bond donors (Lipinski definition) is 0. The van der Waals surface area contributed by atoms with Crippen LogP contribution >= 0.6 is 0 Å². The number of benzene rings is 5. The molecule has 17 nitrogen and oxygen atoms in total. The van der Waals surface area contributed by atoms with Gasteiger partial charge in [0.2, 0.25) is 5.82 Å². The van der Waals surface area contributed by atoms with Crippen molar-refractivity contribution in [1.29, 1.82) is 0 Å². The van der Waals surface area contributed by atoms with Gasteiger partial charge in [-0.1, -0.05) is 125 Å². The SMILES string of the molecule is CC(C)N(C(=O)c1ccc(F)c([N+](=O)[O-])c1)C1CCCCC1.CC(C)N(C(=O)c1ccc2c(c1)CC(=O)C(C)(c1ccccc1)O2)C1CCCCC1.CCC(C)(Oc1ccc(C(=O)N(C(C)C)C2CCCCC2)cc1[N+](=O)[O-])c1ccccc1.O=C=O. The number of rotatable bonds is 16. The molecule has 5 aromatic carbocycles. The highest BCUT2D eigenvalue weighted by Crippen LogP contribution is 2.40. The van der Waals surface area contributed by atoms with Gasteiger partial charge in [0.15, 0.2) is 17.1 Å². The first-order valence-corrected chi connectivity index (χ1v) is 30.8. The van der Waals surface area contributed by atoms with E-state index in [2.05, 4.69) is 13.8 Å². The van der Waals surface area contributed by atoms with Crippen LogP contribution in [-0.4, -0.2) is 90.5 Å². The molecular weight excluding hydrogens is 1110 g/mol. The number of carbonyl (C=O) groups excluding carboxylic acids is 6. The zero-order valence-corrected chi connectivity index (χ0v) is 52.0. The van der Waals surface area contributed by atoms with Crippen LogP contribution < -0.4 is 9.47 Å². The van der Waals surface area contributed by atoms with Crippen LogP contribution in [0.15, 0.2) is 115 Å². The maximum absolute atomic E-state index is 13.4. The zero-order valence-electron chi connectivity index (χ0n) is 52.0. The third kappa shape index (κ3) is 17.1. The van der Waals surface area contributed by atoms with Crippen LogP contribution in [0.5, 0.6) is 11.5 Å². The molecule has 3 fully saturated rings. The highest BCUT2D eigenvalue weighted by atomic mass is 19.1. The van der Waals surface area contributed by atoms with E-state index in [1.165, 1.54) is 44.2 Å². The molecule has 5 aromatic rings. The molecule has 0 N–H and O–H groups in total. The van der Waals surface area contributed by atoms with Gasteiger partial charge < -0.3 is 24.2 Å². The van der Waals surface area contributed by atoms with Gasteiger partial charge >= 0.3 is 17.5 Å². The summed E-state index contributed by atoms with van der Waals surface area (Å²) in [5, 5.41) is 22.8. The number of nitro groups is 2. The highest BCUT2D eigenvalue weighted by molar-refractivity contribution is 5.98. The lowest BCUT2D eigenvalue weighted by atomic mass is 9.85. The van der Waals surface area contributed by atoms with E-state index < -0.39 is 32.6 Å². The molecule has 1 heterocycles. The summed E-state index contributed by atoms with van der Waals surface area (Å²) in [7, 11) is 0. The van der Waals surface area contributed by atoms with Gasteiger partial charge in [-0.05, 0) is 148 Å². The summed E-state index contributed by atoms with van der Waals surface area (Å²) in [5.74, 6) is -0.398. The van der Waals surface area contributed by atoms with Crippen molar-refractivity contribution < 1.29 is 52.5 Å². The predicted octanol–water partition coefficient (Wildman–Crippen LogP) is 15.1. The summed E-state index contributed by atoms with van der Waals surface area (Å²) in [6.45, 7) is 17.8. The first-order valence-electron chi connectivity index (χ1n) is 30.8. The van der Waals surface area contributed by atoms with Crippen LogP contribution in [0.25, 0.3) is 0 Å². The molecular formula is C69H86FN5O12. The molecule has 3 amide bonds. The van der Waals surface area contributed by atoms with Gasteiger partial charge in [0, 0.05) is 82.6 Å². The van der Waals surface area contributed by atoms with Gasteiger partial charge in [-0.15, -0.1) is 0 Å². The summed E-state index contributed by atoms with van der Waals surface area (Å²) < 4.78 is 25.9. The van der Waals surface area contributed by atoms with Crippen molar-refractivity contribution in [2.24, 2.45) is 0 Å². The van der Waals surface area contributed by atoms with Gasteiger partial charge in [0.1, 0.15) is 11.4 Å². The standard InChI is InChI=1S/C26H34N2O4.C26H31NO3.C16H21FN2O3.CO2/c1-5-26(4,21-12-8-6-9-13-21)32-24-17-16-20(18-23(24)28(30)31)25(29)27(19(2)3)22-14-10-7-11-15-22;1-18(2)27(22-12-8-5-9-13-22)25(29)19-14-15-23-20(16-19)17-24(28)26(3,30-23)21-10-6-4-7-11-21;1-11(2)18(13-6-4-3-5-7-13)16(20)12-8-9-14(17)15(10-12)19(21)22;2-1-3/h6,8-9,12-13,16-19,22H,5,7,10-11,14-15H2,1-4H3;4,6-7,10-11,14-16,18,22H,5,8-9,12-13,17H2,1-3H3;8-11,13H,3-7H2,1-2H3;. The molecule has 2 atom stereocenters. The van der Waals surface area contributed by atoms with Crippen LogP contribution in [0.4, 0.5) is 15.8 Å². The van der Waals surface area contributed by atoms with E-state index in [0.717, 1.165) is 93.0 Å². The van der Waals surface area contributed by atoms with Crippen LogP contribution in [0.3, 0.4) is 0 Å². The van der Waals surface area contributed by atoms with Crippen molar-refractivity contribution in [2.75, 3.05) is 0 Å². The lowest BCUT2D eigenvalue weighted by molar-refractivity contribution is -0.387. The van der Waals surface area contributed by atoms with E-state index >= 15 is 0 Å². The number of halogens is 1. The third-order valence-electron chi connectivity index (χ3n) is 17.3. The predicted molar refractivity (Wildman–Crippen MR) is 330 cm³/mol. The minimum absolute atomic E-state index is 0.000269. The number of nitro benzene ring substituents is 2. The Hall–Kier alpha value is -8.11. The van der Waals surface area contributed by atoms with Crippen LogP contribution in [0.2, 0.25) is 0 Å². The van der Waals surface area contributed by atoms with Crippen molar-refractivity contribution in [3.63, 3.8) is 0 Å². The van der Waals surface area contributed by atoms with E-state index in [0.29, 0.717) is 29.3 Å². The molecule has 2 unspecified atom stereocenters. The minimum atomic E-state index is -0.994. The number of Topliss-reactive ketones (excluding diaryl/α,β-unsaturated/α-hetero) is 1. The van der Waals surface area contributed by atoms with E-state index in [4.69, 9.17) is 19.1 Å². The zero-order chi connectivity index (χ0) is 63.6. The van der Waals surface area contributed by atoms with Crippen LogP contribution in [-0.2, 0) is 32.0 Å². The Morgan fingerprint density at radius 1 is 0.621 bits per heavy atom. The minimum Gasteiger partial charge on any atom is -0.476 e. The maximum Gasteiger partial charge on any atom is 0.373 e. The normalized spacial score (nSPS) is 17.6. The molecule has 0 saturated heterocycles. The van der Waals surface area contributed by atoms with Gasteiger partial charge in [0.05, 0.1) is 9.85 Å². The molecule has 18 heteroatoms. The van der Waals surface area contributed by atoms with Crippen molar-refractivity contribution in [2.45, 2.75) is 219 Å². The fraction of sp³-hybridized carbons (Fsp3) is 0.493. The molecule has 3 saturated carbocycles. The molecule has 1 aliphatic heterocycles. The monoisotopic (exact) mass is 1200 g/mol. The lowest BCUT2D eigenvalue weighted by Crippen LogP contribution is -2.46. The number of fused-ring (bicyclic) bond motifs is 1. The molecule has 3 aliphatic carbocycles. The maximum atomic E-state index is 13.4. The number of ether oxygens (including phenoxy) is 2. The summed E-state index contributed by atoms with van der Waals surface area (Å²) in [5.41, 5.74) is 1.20. The average molecular weight is 1200 g/mol. The Morgan fingerprint density at radius 3 is 1.43 bits per heavy atom. The molecule has 466 valence electrons. The third-order valence-corrected chi connectivity index (χ3v) is 17.3. The smallest absolute Gasteiger partial charge is 0.373 e. The fourth-order valence-electron chi connectivity index (χ4n) is 12.6. The van der Waals surface area contributed by atoms with Crippen molar-refractivity contribution in [3.8, 4) is 11.5 Å². The first-order chi connectivity index (χ1) is 41.5. The Kier molecular flexibility index (Phi) is 24.6. The molecule has 0 aromatic heterocycles. The Bertz CT molecular complexity index is 3190. The number of nitrogens with zero attached hydrogens (tertiary/aromatic N) is 5. The Labute approximate surface area is 511 Å². The van der Waals surface area contributed by atoms with E-state index in [1.54, 1.807) is 17.0 Å².